The minimum Gasteiger partial charge on any atom is -0.496 e. The normalized spacial score (nSPS) is 11.4. The van der Waals surface area contributed by atoms with Crippen molar-refractivity contribution in [1.29, 1.82) is 0 Å². The molecule has 36 heavy (non-hydrogen) atoms. The van der Waals surface area contributed by atoms with Crippen molar-refractivity contribution in [2.45, 2.75) is 53.4 Å². The summed E-state index contributed by atoms with van der Waals surface area (Å²) in [6.07, 6.45) is 3.25. The smallest absolute Gasteiger partial charge is 0.330 e. The number of carbonyl (C=O) groups is 1. The third kappa shape index (κ3) is 8.76. The molecule has 2 aromatic rings. The number of benzene rings is 1. The van der Waals surface area contributed by atoms with Gasteiger partial charge in [0, 0.05) is 36.3 Å². The van der Waals surface area contributed by atoms with E-state index in [1.54, 1.807) is 33.1 Å². The van der Waals surface area contributed by atoms with E-state index in [0.717, 1.165) is 36.2 Å². The number of carbonyl (C=O) groups excluding carboxylic acids is 1. The minimum atomic E-state index is -3.13. The van der Waals surface area contributed by atoms with Crippen LogP contribution in [-0.4, -0.2) is 55.5 Å². The number of hydrogen-bond donors (Lipinski definition) is 3. The molecule has 0 atom stereocenters. The lowest BCUT2D eigenvalue weighted by Gasteiger charge is -2.17. The van der Waals surface area contributed by atoms with Crippen LogP contribution < -0.4 is 21.1 Å². The molecule has 11 heteroatoms. The summed E-state index contributed by atoms with van der Waals surface area (Å²) in [6, 6.07) is 5.31. The topological polar surface area (TPSA) is 138 Å². The van der Waals surface area contributed by atoms with E-state index in [1.807, 2.05) is 13.0 Å². The maximum Gasteiger partial charge on any atom is 0.330 e. The Balaban J connectivity index is 2.14. The van der Waals surface area contributed by atoms with Crippen molar-refractivity contribution in [3.05, 3.63) is 40.6 Å². The largest absolute Gasteiger partial charge is 0.496 e. The van der Waals surface area contributed by atoms with Gasteiger partial charge in [-0.2, -0.15) is 4.98 Å². The fourth-order valence-electron chi connectivity index (χ4n) is 3.74. The molecule has 0 unspecified atom stereocenters. The van der Waals surface area contributed by atoms with Crippen LogP contribution in [0.2, 0.25) is 0 Å². The van der Waals surface area contributed by atoms with Gasteiger partial charge >= 0.3 is 7.60 Å². The number of aryl methyl sites for hydroxylation is 1. The van der Waals surface area contributed by atoms with Crippen molar-refractivity contribution >= 4 is 25.3 Å². The Morgan fingerprint density at radius 3 is 2.44 bits per heavy atom. The zero-order chi connectivity index (χ0) is 26.6. The molecule has 0 aliphatic carbocycles. The van der Waals surface area contributed by atoms with Gasteiger partial charge in [-0.1, -0.05) is 13.3 Å². The number of unbranched alkanes of at least 4 members (excludes halogenated alkanes) is 1. The van der Waals surface area contributed by atoms with Crippen LogP contribution in [0.4, 0.5) is 11.8 Å². The van der Waals surface area contributed by atoms with Crippen molar-refractivity contribution in [1.82, 2.24) is 15.3 Å². The maximum absolute atomic E-state index is 12.8. The lowest BCUT2D eigenvalue weighted by molar-refractivity contribution is 0.0953. The lowest BCUT2D eigenvalue weighted by atomic mass is 10.0. The maximum atomic E-state index is 12.8. The van der Waals surface area contributed by atoms with Gasteiger partial charge < -0.3 is 30.2 Å². The van der Waals surface area contributed by atoms with Gasteiger partial charge in [0.25, 0.3) is 5.91 Å². The fourth-order valence-corrected chi connectivity index (χ4v) is 5.41. The summed E-state index contributed by atoms with van der Waals surface area (Å²) in [5, 5.41) is 6.24. The van der Waals surface area contributed by atoms with Gasteiger partial charge in [0.1, 0.15) is 11.6 Å². The Hall–Kier alpha value is -2.68. The molecule has 0 aliphatic rings. The Morgan fingerprint density at radius 2 is 1.81 bits per heavy atom. The van der Waals surface area contributed by atoms with Crippen molar-refractivity contribution in [2.24, 2.45) is 0 Å². The summed E-state index contributed by atoms with van der Waals surface area (Å²) in [4.78, 5) is 21.6. The lowest BCUT2D eigenvalue weighted by Crippen LogP contribution is -2.25. The Morgan fingerprint density at radius 1 is 1.08 bits per heavy atom. The molecule has 1 heterocycles. The number of ether oxygens (including phenoxy) is 1. The Kier molecular flexibility index (Phi) is 12.1. The molecule has 0 aliphatic heterocycles. The van der Waals surface area contributed by atoms with E-state index < -0.39 is 7.60 Å². The number of aromatic nitrogens is 2. The van der Waals surface area contributed by atoms with Crippen molar-refractivity contribution in [3.63, 3.8) is 0 Å². The van der Waals surface area contributed by atoms with Gasteiger partial charge in [-0.3, -0.25) is 9.36 Å². The highest BCUT2D eigenvalue weighted by Gasteiger charge is 2.23. The second-order valence-corrected chi connectivity index (χ2v) is 10.4. The van der Waals surface area contributed by atoms with Gasteiger partial charge in [-0.05, 0) is 57.4 Å². The molecular formula is C25H40N5O5P. The number of hydrogen-bond acceptors (Lipinski definition) is 9. The first kappa shape index (κ1) is 29.5. The fraction of sp³-hybridized carbons (Fsp3) is 0.560. The first-order valence-electron chi connectivity index (χ1n) is 12.5. The third-order valence-corrected chi connectivity index (χ3v) is 7.68. The average Bonchev–Trinajstić information content (AvgIpc) is 2.84. The minimum absolute atomic E-state index is 0.216. The van der Waals surface area contributed by atoms with Gasteiger partial charge in [0.05, 0.1) is 26.5 Å². The monoisotopic (exact) mass is 521 g/mol. The second-order valence-electron chi connectivity index (χ2n) is 8.26. The highest BCUT2D eigenvalue weighted by molar-refractivity contribution is 7.53. The molecule has 10 nitrogen and oxygen atoms in total. The SMILES string of the molecule is CCCCNc1nc(N)nc(C)c1Cc1cc(C(=O)NCCCP(=O)(OCC)OCC)ccc1OC. The van der Waals surface area contributed by atoms with Crippen LogP contribution in [0.1, 0.15) is 67.2 Å². The van der Waals surface area contributed by atoms with Crippen LogP contribution in [0.5, 0.6) is 5.75 Å². The van der Waals surface area contributed by atoms with Crippen molar-refractivity contribution in [2.75, 3.05) is 50.6 Å². The van der Waals surface area contributed by atoms with Crippen LogP contribution in [0, 0.1) is 6.92 Å². The molecule has 1 aromatic carbocycles. The van der Waals surface area contributed by atoms with Crippen molar-refractivity contribution in [3.8, 4) is 5.75 Å². The summed E-state index contributed by atoms with van der Waals surface area (Å²) >= 11 is 0. The highest BCUT2D eigenvalue weighted by Crippen LogP contribution is 2.48. The summed E-state index contributed by atoms with van der Waals surface area (Å²) in [5.74, 6) is 1.34. The van der Waals surface area contributed by atoms with E-state index in [1.165, 1.54) is 0 Å². The molecule has 1 aromatic heterocycles. The summed E-state index contributed by atoms with van der Waals surface area (Å²) in [5.41, 5.74) is 8.89. The van der Waals surface area contributed by atoms with E-state index in [2.05, 4.69) is 27.5 Å². The Labute approximate surface area is 214 Å². The number of rotatable bonds is 16. The predicted molar refractivity (Wildman–Crippen MR) is 143 cm³/mol. The summed E-state index contributed by atoms with van der Waals surface area (Å²) < 4.78 is 28.7. The molecule has 1 amide bonds. The molecule has 200 valence electrons. The number of nitrogen functional groups attached to an aromatic ring is 1. The number of nitrogens with zero attached hydrogens (tertiary/aromatic N) is 2. The van der Waals surface area contributed by atoms with Gasteiger partial charge in [0.2, 0.25) is 5.95 Å². The number of amides is 1. The first-order valence-corrected chi connectivity index (χ1v) is 14.2. The van der Waals surface area contributed by atoms with Crippen LogP contribution in [-0.2, 0) is 20.0 Å². The number of methoxy groups -OCH3 is 1. The molecular weight excluding hydrogens is 481 g/mol. The van der Waals surface area contributed by atoms with E-state index in [9.17, 15) is 9.36 Å². The molecule has 0 bridgehead atoms. The quantitative estimate of drug-likeness (QED) is 0.214. The van der Waals surface area contributed by atoms with Crippen LogP contribution in [0.3, 0.4) is 0 Å². The van der Waals surface area contributed by atoms with E-state index in [0.29, 0.717) is 49.7 Å². The molecule has 0 spiro atoms. The highest BCUT2D eigenvalue weighted by atomic mass is 31.2. The number of nitrogens with two attached hydrogens (primary N) is 1. The zero-order valence-corrected chi connectivity index (χ0v) is 23.0. The Bertz CT molecular complexity index is 1040. The van der Waals surface area contributed by atoms with Crippen LogP contribution >= 0.6 is 7.60 Å². The van der Waals surface area contributed by atoms with Crippen molar-refractivity contribution < 1.29 is 23.1 Å². The van der Waals surface area contributed by atoms with Gasteiger partial charge in [0.15, 0.2) is 0 Å². The predicted octanol–water partition coefficient (Wildman–Crippen LogP) is 4.56. The van der Waals surface area contributed by atoms with Gasteiger partial charge in [-0.15, -0.1) is 0 Å². The van der Waals surface area contributed by atoms with Crippen LogP contribution in [0.15, 0.2) is 18.2 Å². The van der Waals surface area contributed by atoms with E-state index in [-0.39, 0.29) is 18.0 Å². The second kappa shape index (κ2) is 14.8. The third-order valence-electron chi connectivity index (χ3n) is 5.51. The van der Waals surface area contributed by atoms with Gasteiger partial charge in [-0.25, -0.2) is 4.98 Å². The molecule has 0 fully saturated rings. The van der Waals surface area contributed by atoms with E-state index >= 15 is 0 Å². The molecule has 0 radical (unpaired) electrons. The number of anilines is 2. The standard InChI is InChI=1S/C25H40N5O5P/c1-6-9-13-27-23-21(18(4)29-25(26)30-23)17-20-16-19(11-12-22(20)33-5)24(31)28-14-10-15-36(32,34-7-2)35-8-3/h11-12,16H,6-10,13-15,17H2,1-5H3,(H,28,31)(H3,26,27,29,30). The average molecular weight is 522 g/mol. The molecule has 2 rings (SSSR count). The first-order chi connectivity index (χ1) is 17.3. The molecule has 0 saturated carbocycles. The summed E-state index contributed by atoms with van der Waals surface area (Å²) in [7, 11) is -1.53. The van der Waals surface area contributed by atoms with E-state index in [4.69, 9.17) is 19.5 Å². The zero-order valence-electron chi connectivity index (χ0n) is 22.1. The number of nitrogens with one attached hydrogen (secondary N) is 2. The molecule has 4 N–H and O–H groups in total. The van der Waals surface area contributed by atoms with Crippen LogP contribution in [0.25, 0.3) is 0 Å². The summed E-state index contributed by atoms with van der Waals surface area (Å²) in [6.45, 7) is 9.32. The molecule has 0 saturated heterocycles.